The Morgan fingerprint density at radius 1 is 1.10 bits per heavy atom. The van der Waals surface area contributed by atoms with E-state index in [0.717, 1.165) is 8.68 Å². The van der Waals surface area contributed by atoms with Gasteiger partial charge in [0, 0.05) is 0 Å². The summed E-state index contributed by atoms with van der Waals surface area (Å²) in [6.07, 6.45) is 4.01. The van der Waals surface area contributed by atoms with Crippen LogP contribution in [0.25, 0.3) is 0 Å². The first-order valence-electron chi connectivity index (χ1n) is 2.28. The monoisotopic (exact) mass is 194 g/mol. The van der Waals surface area contributed by atoms with Crippen LogP contribution in [0.3, 0.4) is 0 Å². The number of thioether (sulfide) groups is 2. The molecule has 58 valence electrons. The normalized spacial score (nSPS) is 9.00. The Kier molecular flexibility index (Phi) is 5.11. The van der Waals surface area contributed by atoms with Crippen molar-refractivity contribution in [3.63, 3.8) is 0 Å². The zero-order valence-corrected chi connectivity index (χ0v) is 7.57. The van der Waals surface area contributed by atoms with E-state index in [1.165, 1.54) is 0 Å². The third kappa shape index (κ3) is 2.48. The molecule has 0 aliphatic carbocycles. The Morgan fingerprint density at radius 3 is 1.70 bits per heavy atom. The molecule has 0 aliphatic heterocycles. The van der Waals surface area contributed by atoms with Gasteiger partial charge in [0.1, 0.15) is 0 Å². The Morgan fingerprint density at radius 2 is 1.50 bits per heavy atom. The third-order valence-electron chi connectivity index (χ3n) is 0.737. The van der Waals surface area contributed by atoms with Gasteiger partial charge in [-0.2, -0.15) is 0 Å². The van der Waals surface area contributed by atoms with Gasteiger partial charge < -0.3 is 0 Å². The maximum Gasteiger partial charge on any atom is 0.174 e. The molecule has 0 saturated carbocycles. The van der Waals surface area contributed by atoms with Crippen LogP contribution < -0.4 is 0 Å². The van der Waals surface area contributed by atoms with Crippen molar-refractivity contribution in [2.45, 2.75) is 16.1 Å². The summed E-state index contributed by atoms with van der Waals surface area (Å²) in [5.41, 5.74) is 0. The maximum atomic E-state index is 3.92. The molecular weight excluding hydrogens is 184 g/mol. The van der Waals surface area contributed by atoms with Gasteiger partial charge in [0.15, 0.2) is 8.68 Å². The third-order valence-corrected chi connectivity index (χ3v) is 3.61. The number of aromatic nitrogens is 2. The molecule has 1 heterocycles. The van der Waals surface area contributed by atoms with E-state index in [4.69, 9.17) is 0 Å². The quantitative estimate of drug-likeness (QED) is 0.676. The molecule has 0 N–H and O–H groups in total. The zero-order valence-electron chi connectivity index (χ0n) is 5.12. The summed E-state index contributed by atoms with van der Waals surface area (Å²) in [4.78, 5) is 0. The fourth-order valence-electron chi connectivity index (χ4n) is 0.362. The van der Waals surface area contributed by atoms with Crippen LogP contribution in [0.15, 0.2) is 8.68 Å². The van der Waals surface area contributed by atoms with E-state index in [1.54, 1.807) is 34.9 Å². The lowest BCUT2D eigenvalue weighted by atomic mass is 11.6. The minimum absolute atomic E-state index is 0. The van der Waals surface area contributed by atoms with Crippen molar-refractivity contribution in [1.82, 2.24) is 10.2 Å². The Hall–Kier alpha value is 0.260. The maximum absolute atomic E-state index is 3.92. The lowest BCUT2D eigenvalue weighted by Gasteiger charge is -1.78. The molecule has 0 atom stereocenters. The molecule has 5 heteroatoms. The molecule has 0 bridgehead atoms. The van der Waals surface area contributed by atoms with Crippen molar-refractivity contribution in [1.29, 1.82) is 0 Å². The van der Waals surface area contributed by atoms with E-state index in [1.807, 2.05) is 12.5 Å². The molecule has 1 aromatic heterocycles. The lowest BCUT2D eigenvalue weighted by molar-refractivity contribution is 0.957. The van der Waals surface area contributed by atoms with Gasteiger partial charge in [0.05, 0.1) is 0 Å². The second kappa shape index (κ2) is 4.98. The van der Waals surface area contributed by atoms with Gasteiger partial charge in [0.25, 0.3) is 0 Å². The highest BCUT2D eigenvalue weighted by atomic mass is 32.2. The van der Waals surface area contributed by atoms with Gasteiger partial charge in [-0.25, -0.2) is 0 Å². The van der Waals surface area contributed by atoms with E-state index in [2.05, 4.69) is 10.2 Å². The first kappa shape index (κ1) is 10.3. The average molecular weight is 194 g/mol. The molecule has 0 aliphatic rings. The van der Waals surface area contributed by atoms with E-state index >= 15 is 0 Å². The molecule has 0 fully saturated rings. The first-order valence-corrected chi connectivity index (χ1v) is 5.55. The summed E-state index contributed by atoms with van der Waals surface area (Å²) in [6.45, 7) is 0. The van der Waals surface area contributed by atoms with E-state index in [9.17, 15) is 0 Å². The number of nitrogens with zero attached hydrogens (tertiary/aromatic N) is 2. The number of hydrogen-bond acceptors (Lipinski definition) is 5. The molecule has 0 radical (unpaired) electrons. The first-order chi connectivity index (χ1) is 4.36. The zero-order chi connectivity index (χ0) is 6.69. The van der Waals surface area contributed by atoms with Crippen LogP contribution in [0.2, 0.25) is 0 Å². The summed E-state index contributed by atoms with van der Waals surface area (Å²) in [7, 11) is 0. The van der Waals surface area contributed by atoms with E-state index < -0.39 is 0 Å². The minimum atomic E-state index is 0. The summed E-state index contributed by atoms with van der Waals surface area (Å²) in [5, 5.41) is 7.83. The van der Waals surface area contributed by atoms with Crippen LogP contribution in [0.5, 0.6) is 0 Å². The van der Waals surface area contributed by atoms with Crippen molar-refractivity contribution in [3.8, 4) is 0 Å². The fraction of sp³-hybridized carbons (Fsp3) is 0.600. The van der Waals surface area contributed by atoms with Crippen molar-refractivity contribution >= 4 is 34.9 Å². The minimum Gasteiger partial charge on any atom is -0.131 e. The summed E-state index contributed by atoms with van der Waals surface area (Å²) in [6, 6.07) is 0. The Labute approximate surface area is 73.8 Å². The largest absolute Gasteiger partial charge is 0.174 e. The molecule has 0 amide bonds. The van der Waals surface area contributed by atoms with Gasteiger partial charge in [-0.15, -0.1) is 10.2 Å². The average Bonchev–Trinajstić information content (AvgIpc) is 2.34. The van der Waals surface area contributed by atoms with Crippen molar-refractivity contribution < 1.29 is 0 Å². The molecule has 0 unspecified atom stereocenters. The topological polar surface area (TPSA) is 25.8 Å². The van der Waals surface area contributed by atoms with Gasteiger partial charge in [-0.1, -0.05) is 42.3 Å². The molecule has 0 spiro atoms. The van der Waals surface area contributed by atoms with Crippen LogP contribution in [-0.4, -0.2) is 22.7 Å². The second-order valence-electron chi connectivity index (χ2n) is 1.24. The smallest absolute Gasteiger partial charge is 0.131 e. The predicted octanol–water partition coefficient (Wildman–Crippen LogP) is 2.62. The summed E-state index contributed by atoms with van der Waals surface area (Å²) < 4.78 is 2.08. The van der Waals surface area contributed by atoms with Crippen molar-refractivity contribution in [3.05, 3.63) is 0 Å². The highest BCUT2D eigenvalue weighted by Crippen LogP contribution is 2.25. The lowest BCUT2D eigenvalue weighted by Crippen LogP contribution is -1.67. The molecule has 1 rings (SSSR count). The fourth-order valence-corrected chi connectivity index (χ4v) is 2.22. The highest BCUT2D eigenvalue weighted by Gasteiger charge is 1.98. The van der Waals surface area contributed by atoms with Crippen LogP contribution in [0.1, 0.15) is 7.43 Å². The van der Waals surface area contributed by atoms with Gasteiger partial charge in [-0.05, 0) is 12.5 Å². The highest BCUT2D eigenvalue weighted by molar-refractivity contribution is 8.02. The predicted molar refractivity (Wildman–Crippen MR) is 50.2 cm³/mol. The molecule has 10 heavy (non-hydrogen) atoms. The summed E-state index contributed by atoms with van der Waals surface area (Å²) >= 11 is 4.91. The molecule has 0 saturated heterocycles. The number of hydrogen-bond donors (Lipinski definition) is 0. The van der Waals surface area contributed by atoms with Gasteiger partial charge >= 0.3 is 0 Å². The molecule has 1 aromatic rings. The van der Waals surface area contributed by atoms with Crippen LogP contribution in [0, 0.1) is 0 Å². The Balaban J connectivity index is 0.000000810. The standard InChI is InChI=1S/C4H6N2S3.CH4/c1-7-3-5-6-4(8-2)9-3;/h1-2H3;1H4. The van der Waals surface area contributed by atoms with Crippen LogP contribution >= 0.6 is 34.9 Å². The summed E-state index contributed by atoms with van der Waals surface area (Å²) in [5.74, 6) is 0. The molecular formula is C5H10N2S3. The van der Waals surface area contributed by atoms with Crippen LogP contribution in [0.4, 0.5) is 0 Å². The number of rotatable bonds is 2. The SMILES string of the molecule is C.CSc1nnc(SC)s1. The second-order valence-corrected chi connectivity index (χ2v) is 4.33. The van der Waals surface area contributed by atoms with E-state index in [-0.39, 0.29) is 7.43 Å². The van der Waals surface area contributed by atoms with Crippen molar-refractivity contribution in [2.75, 3.05) is 12.5 Å². The van der Waals surface area contributed by atoms with Crippen LogP contribution in [-0.2, 0) is 0 Å². The van der Waals surface area contributed by atoms with Gasteiger partial charge in [-0.3, -0.25) is 0 Å². The van der Waals surface area contributed by atoms with Crippen molar-refractivity contribution in [2.24, 2.45) is 0 Å². The molecule has 0 aromatic carbocycles. The molecule has 2 nitrogen and oxygen atoms in total. The Bertz CT molecular complexity index is 168. The van der Waals surface area contributed by atoms with E-state index in [0.29, 0.717) is 0 Å². The van der Waals surface area contributed by atoms with Gasteiger partial charge in [0.2, 0.25) is 0 Å².